The Balaban J connectivity index is 1.44. The lowest BCUT2D eigenvalue weighted by Gasteiger charge is -2.42. The Hall–Kier alpha value is -0.810. The highest BCUT2D eigenvalue weighted by Crippen LogP contribution is 2.55. The Kier molecular flexibility index (Phi) is 3.91. The van der Waals surface area contributed by atoms with Gasteiger partial charge in [-0.2, -0.15) is 0 Å². The third-order valence-electron chi connectivity index (χ3n) is 5.56. The molecule has 3 aliphatic rings. The minimum Gasteiger partial charge on any atom is -0.450 e. The van der Waals surface area contributed by atoms with Gasteiger partial charge >= 0.3 is 6.09 Å². The Bertz CT molecular complexity index is 358. The summed E-state index contributed by atoms with van der Waals surface area (Å²) in [6, 6.07) is 1.18. The number of hydrogen-bond acceptors (Lipinski definition) is 4. The van der Waals surface area contributed by atoms with E-state index in [1.54, 1.807) is 0 Å². The number of hydrogen-bond donors (Lipinski definition) is 1. The van der Waals surface area contributed by atoms with E-state index in [0.717, 1.165) is 26.2 Å². The standard InChI is InChI=1S/C15H27N3O2/c1-2-20-14(19)18-9-7-17(8-10-18)12-3-5-15(6-4-12)11-13(15)16/h12-13H,2-11,16H2,1H3. The molecule has 2 aliphatic carbocycles. The molecule has 0 aromatic heterocycles. The van der Waals surface area contributed by atoms with Crippen molar-refractivity contribution >= 4 is 6.09 Å². The summed E-state index contributed by atoms with van der Waals surface area (Å²) in [5.41, 5.74) is 6.58. The average Bonchev–Trinajstić information content (AvgIpc) is 3.09. The van der Waals surface area contributed by atoms with Crippen LogP contribution in [0.25, 0.3) is 0 Å². The van der Waals surface area contributed by atoms with Gasteiger partial charge in [-0.1, -0.05) is 0 Å². The van der Waals surface area contributed by atoms with Crippen LogP contribution in [-0.2, 0) is 4.74 Å². The first kappa shape index (κ1) is 14.1. The van der Waals surface area contributed by atoms with Gasteiger partial charge < -0.3 is 15.4 Å². The van der Waals surface area contributed by atoms with E-state index >= 15 is 0 Å². The minimum absolute atomic E-state index is 0.154. The number of ether oxygens (including phenoxy) is 1. The van der Waals surface area contributed by atoms with E-state index in [9.17, 15) is 4.79 Å². The molecule has 1 heterocycles. The largest absolute Gasteiger partial charge is 0.450 e. The molecule has 0 bridgehead atoms. The van der Waals surface area contributed by atoms with E-state index in [2.05, 4.69) is 4.90 Å². The Morgan fingerprint density at radius 1 is 1.25 bits per heavy atom. The van der Waals surface area contributed by atoms with Gasteiger partial charge in [0, 0.05) is 38.3 Å². The molecule has 0 aromatic carbocycles. The SMILES string of the molecule is CCOC(=O)N1CCN(C2CCC3(CC2)CC3N)CC1. The van der Waals surface area contributed by atoms with Crippen LogP contribution in [0.4, 0.5) is 4.79 Å². The first-order chi connectivity index (χ1) is 9.64. The minimum atomic E-state index is -0.154. The molecule has 2 saturated carbocycles. The Morgan fingerprint density at radius 3 is 2.35 bits per heavy atom. The molecule has 1 spiro atoms. The summed E-state index contributed by atoms with van der Waals surface area (Å²) < 4.78 is 5.06. The van der Waals surface area contributed by atoms with E-state index in [0.29, 0.717) is 24.1 Å². The van der Waals surface area contributed by atoms with Crippen LogP contribution in [0.15, 0.2) is 0 Å². The van der Waals surface area contributed by atoms with Crippen molar-refractivity contribution in [1.82, 2.24) is 9.80 Å². The molecule has 5 heteroatoms. The van der Waals surface area contributed by atoms with Gasteiger partial charge in [-0.3, -0.25) is 4.90 Å². The van der Waals surface area contributed by atoms with E-state index < -0.39 is 0 Å². The zero-order chi connectivity index (χ0) is 14.2. The summed E-state index contributed by atoms with van der Waals surface area (Å²) in [5, 5.41) is 0. The topological polar surface area (TPSA) is 58.8 Å². The van der Waals surface area contributed by atoms with E-state index in [1.165, 1.54) is 32.1 Å². The first-order valence-electron chi connectivity index (χ1n) is 8.06. The number of carbonyl (C=O) groups is 1. The monoisotopic (exact) mass is 281 g/mol. The Morgan fingerprint density at radius 2 is 1.85 bits per heavy atom. The molecule has 20 heavy (non-hydrogen) atoms. The number of carbonyl (C=O) groups excluding carboxylic acids is 1. The number of nitrogens with two attached hydrogens (primary N) is 1. The fraction of sp³-hybridized carbons (Fsp3) is 0.933. The molecule has 1 saturated heterocycles. The highest BCUT2D eigenvalue weighted by atomic mass is 16.6. The van der Waals surface area contributed by atoms with Gasteiger partial charge in [0.25, 0.3) is 0 Å². The number of piperazine rings is 1. The molecule has 0 radical (unpaired) electrons. The smallest absolute Gasteiger partial charge is 0.409 e. The highest BCUT2D eigenvalue weighted by Gasteiger charge is 2.53. The van der Waals surface area contributed by atoms with Crippen LogP contribution < -0.4 is 5.73 Å². The summed E-state index contributed by atoms with van der Waals surface area (Å²) >= 11 is 0. The van der Waals surface area contributed by atoms with Crippen LogP contribution in [0.1, 0.15) is 39.0 Å². The molecule has 2 N–H and O–H groups in total. The van der Waals surface area contributed by atoms with Crippen molar-refractivity contribution in [3.05, 3.63) is 0 Å². The second kappa shape index (κ2) is 5.53. The Labute approximate surface area is 121 Å². The molecule has 3 rings (SSSR count). The third kappa shape index (κ3) is 2.66. The summed E-state index contributed by atoms with van der Waals surface area (Å²) in [6.45, 7) is 5.91. The van der Waals surface area contributed by atoms with Gasteiger partial charge in [-0.05, 0) is 44.4 Å². The zero-order valence-electron chi connectivity index (χ0n) is 12.5. The quantitative estimate of drug-likeness (QED) is 0.831. The predicted octanol–water partition coefficient (Wildman–Crippen LogP) is 1.42. The number of nitrogens with zero attached hydrogens (tertiary/aromatic N) is 2. The van der Waals surface area contributed by atoms with Crippen molar-refractivity contribution in [1.29, 1.82) is 0 Å². The van der Waals surface area contributed by atoms with Crippen LogP contribution >= 0.6 is 0 Å². The summed E-state index contributed by atoms with van der Waals surface area (Å²) in [5.74, 6) is 0. The first-order valence-corrected chi connectivity index (χ1v) is 8.06. The fourth-order valence-electron chi connectivity index (χ4n) is 3.98. The zero-order valence-corrected chi connectivity index (χ0v) is 12.5. The van der Waals surface area contributed by atoms with E-state index in [4.69, 9.17) is 10.5 Å². The van der Waals surface area contributed by atoms with Crippen molar-refractivity contribution in [2.45, 2.75) is 51.1 Å². The highest BCUT2D eigenvalue weighted by molar-refractivity contribution is 5.67. The molecule has 0 aromatic rings. The van der Waals surface area contributed by atoms with Crippen LogP contribution in [0.5, 0.6) is 0 Å². The van der Waals surface area contributed by atoms with Gasteiger partial charge in [0.15, 0.2) is 0 Å². The van der Waals surface area contributed by atoms with E-state index in [1.807, 2.05) is 11.8 Å². The second-order valence-electron chi connectivity index (χ2n) is 6.63. The van der Waals surface area contributed by atoms with Crippen molar-refractivity contribution in [3.63, 3.8) is 0 Å². The van der Waals surface area contributed by atoms with Crippen LogP contribution in [-0.4, -0.2) is 60.8 Å². The van der Waals surface area contributed by atoms with Crippen molar-refractivity contribution in [3.8, 4) is 0 Å². The maximum absolute atomic E-state index is 11.7. The molecule has 5 nitrogen and oxygen atoms in total. The second-order valence-corrected chi connectivity index (χ2v) is 6.63. The molecule has 3 fully saturated rings. The van der Waals surface area contributed by atoms with Crippen molar-refractivity contribution in [2.75, 3.05) is 32.8 Å². The lowest BCUT2D eigenvalue weighted by Crippen LogP contribution is -2.52. The van der Waals surface area contributed by atoms with Crippen LogP contribution in [0, 0.1) is 5.41 Å². The van der Waals surface area contributed by atoms with Gasteiger partial charge in [0.2, 0.25) is 0 Å². The normalized spacial score (nSPS) is 38.0. The third-order valence-corrected chi connectivity index (χ3v) is 5.56. The molecule has 1 atom stereocenters. The maximum atomic E-state index is 11.7. The van der Waals surface area contributed by atoms with Crippen LogP contribution in [0.2, 0.25) is 0 Å². The molecular formula is C15H27N3O2. The van der Waals surface area contributed by atoms with Gasteiger partial charge in [0.1, 0.15) is 0 Å². The van der Waals surface area contributed by atoms with Gasteiger partial charge in [-0.25, -0.2) is 4.79 Å². The van der Waals surface area contributed by atoms with Crippen molar-refractivity contribution < 1.29 is 9.53 Å². The summed E-state index contributed by atoms with van der Waals surface area (Å²) in [4.78, 5) is 16.1. The molecule has 1 aliphatic heterocycles. The van der Waals surface area contributed by atoms with E-state index in [-0.39, 0.29) is 6.09 Å². The molecule has 1 unspecified atom stereocenters. The lowest BCUT2D eigenvalue weighted by molar-refractivity contribution is 0.0518. The predicted molar refractivity (Wildman–Crippen MR) is 77.4 cm³/mol. The lowest BCUT2D eigenvalue weighted by atomic mass is 9.82. The fourth-order valence-corrected chi connectivity index (χ4v) is 3.98. The molecular weight excluding hydrogens is 254 g/mol. The van der Waals surface area contributed by atoms with Gasteiger partial charge in [0.05, 0.1) is 6.61 Å². The van der Waals surface area contributed by atoms with Crippen LogP contribution in [0.3, 0.4) is 0 Å². The number of amides is 1. The van der Waals surface area contributed by atoms with Gasteiger partial charge in [-0.15, -0.1) is 0 Å². The summed E-state index contributed by atoms with van der Waals surface area (Å²) in [7, 11) is 0. The molecule has 1 amide bonds. The number of rotatable bonds is 2. The average molecular weight is 281 g/mol. The van der Waals surface area contributed by atoms with Crippen molar-refractivity contribution in [2.24, 2.45) is 11.1 Å². The summed E-state index contributed by atoms with van der Waals surface area (Å²) in [6.07, 6.45) is 6.27. The molecule has 114 valence electrons. The maximum Gasteiger partial charge on any atom is 0.409 e.